The van der Waals surface area contributed by atoms with Crippen molar-refractivity contribution in [2.45, 2.75) is 75.5 Å². The van der Waals surface area contributed by atoms with Gasteiger partial charge in [0.2, 0.25) is 17.7 Å². The lowest BCUT2D eigenvalue weighted by Gasteiger charge is -2.25. The molecule has 0 bridgehead atoms. The Hall–Kier alpha value is -4.25. The van der Waals surface area contributed by atoms with E-state index in [1.165, 1.54) is 12.5 Å². The van der Waals surface area contributed by atoms with E-state index in [1.807, 2.05) is 0 Å². The maximum atomic E-state index is 13.2. The van der Waals surface area contributed by atoms with Gasteiger partial charge in [-0.05, 0) is 38.6 Å². The highest BCUT2D eigenvalue weighted by molar-refractivity contribution is 5.94. The lowest BCUT2D eigenvalue weighted by atomic mass is 10.0. The number of aromatic amines is 1. The molecule has 40 heavy (non-hydrogen) atoms. The second-order valence-corrected chi connectivity index (χ2v) is 9.07. The Morgan fingerprint density at radius 3 is 2.08 bits per heavy atom. The number of hydrogen-bond donors (Lipinski definition) is 10. The van der Waals surface area contributed by atoms with Gasteiger partial charge in [0.15, 0.2) is 5.96 Å². The SMILES string of the molecule is NCCCCC(N)C(=O)NC(CCC(=O)O)C(=O)NC(CCCN=C(N)N)C(=O)NC(Cc1cnc[nH]1)C(=O)O. The van der Waals surface area contributed by atoms with Gasteiger partial charge in [-0.2, -0.15) is 0 Å². The molecule has 14 N–H and O–H groups in total. The largest absolute Gasteiger partial charge is 0.481 e. The summed E-state index contributed by atoms with van der Waals surface area (Å²) in [6, 6.07) is -4.88. The number of amides is 3. The number of rotatable bonds is 20. The summed E-state index contributed by atoms with van der Waals surface area (Å²) in [6.07, 6.45) is 3.71. The first-order valence-electron chi connectivity index (χ1n) is 12.8. The van der Waals surface area contributed by atoms with Crippen molar-refractivity contribution < 1.29 is 34.2 Å². The fraction of sp³-hybridized carbons (Fsp3) is 0.609. The number of carbonyl (C=O) groups excluding carboxylic acids is 3. The van der Waals surface area contributed by atoms with Crippen LogP contribution >= 0.6 is 0 Å². The van der Waals surface area contributed by atoms with E-state index in [2.05, 4.69) is 30.9 Å². The zero-order valence-corrected chi connectivity index (χ0v) is 22.2. The molecule has 17 heteroatoms. The average molecular weight is 569 g/mol. The number of hydrogen-bond acceptors (Lipinski definition) is 9. The van der Waals surface area contributed by atoms with Crippen molar-refractivity contribution in [1.29, 1.82) is 0 Å². The number of H-pyrrole nitrogens is 1. The quantitative estimate of drug-likeness (QED) is 0.0424. The third-order valence-corrected chi connectivity index (χ3v) is 5.76. The summed E-state index contributed by atoms with van der Waals surface area (Å²) >= 11 is 0. The van der Waals surface area contributed by atoms with Gasteiger partial charge >= 0.3 is 11.9 Å². The van der Waals surface area contributed by atoms with E-state index < -0.39 is 60.2 Å². The standard InChI is InChI=1S/C23H40N10O7/c24-8-2-1-4-14(25)19(36)31-16(6-7-18(34)35)21(38)32-15(5-3-9-29-23(26)27)20(37)33-17(22(39)40)10-13-11-28-12-30-13/h11-12,14-17H,1-10,24-25H2,(H,28,30)(H,31,36)(H,32,38)(H,33,37)(H,34,35)(H,39,40)(H4,26,27,29). The van der Waals surface area contributed by atoms with Crippen molar-refractivity contribution in [1.82, 2.24) is 25.9 Å². The minimum atomic E-state index is -1.35. The molecule has 4 atom stereocenters. The molecule has 224 valence electrons. The lowest BCUT2D eigenvalue weighted by Crippen LogP contribution is -2.57. The Bertz CT molecular complexity index is 998. The number of carboxylic acid groups (broad SMARTS) is 2. The Kier molecular flexibility index (Phi) is 15.3. The molecule has 17 nitrogen and oxygen atoms in total. The molecule has 0 saturated heterocycles. The number of aliphatic carboxylic acids is 2. The lowest BCUT2D eigenvalue weighted by molar-refractivity contribution is -0.142. The van der Waals surface area contributed by atoms with Gasteiger partial charge in [0.25, 0.3) is 0 Å². The highest BCUT2D eigenvalue weighted by Gasteiger charge is 2.30. The fourth-order valence-corrected chi connectivity index (χ4v) is 3.59. The summed E-state index contributed by atoms with van der Waals surface area (Å²) in [6.45, 7) is 0.546. The van der Waals surface area contributed by atoms with Gasteiger partial charge in [-0.25, -0.2) is 9.78 Å². The Labute approximate surface area is 230 Å². The van der Waals surface area contributed by atoms with Crippen molar-refractivity contribution >= 4 is 35.6 Å². The van der Waals surface area contributed by atoms with Crippen LogP contribution in [0.2, 0.25) is 0 Å². The smallest absolute Gasteiger partial charge is 0.326 e. The first-order chi connectivity index (χ1) is 18.9. The number of aliphatic imine (C=N–C) groups is 1. The van der Waals surface area contributed by atoms with Gasteiger partial charge in [0, 0.05) is 31.3 Å². The average Bonchev–Trinajstić information content (AvgIpc) is 3.40. The molecule has 4 unspecified atom stereocenters. The zero-order chi connectivity index (χ0) is 30.1. The van der Waals surface area contributed by atoms with Crippen LogP contribution in [-0.2, 0) is 30.4 Å². The van der Waals surface area contributed by atoms with E-state index in [1.54, 1.807) is 0 Å². The minimum absolute atomic E-state index is 0.00293. The van der Waals surface area contributed by atoms with Gasteiger partial charge in [-0.15, -0.1) is 0 Å². The highest BCUT2D eigenvalue weighted by Crippen LogP contribution is 2.07. The predicted octanol–water partition coefficient (Wildman–Crippen LogP) is -3.13. The molecule has 0 aromatic carbocycles. The number of carbonyl (C=O) groups is 5. The zero-order valence-electron chi connectivity index (χ0n) is 22.2. The molecule has 1 aromatic heterocycles. The summed E-state index contributed by atoms with van der Waals surface area (Å²) in [5, 5.41) is 26.0. The van der Waals surface area contributed by atoms with Crippen LogP contribution in [0.15, 0.2) is 17.5 Å². The van der Waals surface area contributed by atoms with E-state index in [0.29, 0.717) is 31.5 Å². The maximum Gasteiger partial charge on any atom is 0.326 e. The van der Waals surface area contributed by atoms with Gasteiger partial charge in [-0.1, -0.05) is 6.42 Å². The van der Waals surface area contributed by atoms with Crippen LogP contribution < -0.4 is 38.9 Å². The van der Waals surface area contributed by atoms with Crippen LogP contribution in [0.3, 0.4) is 0 Å². The first-order valence-corrected chi connectivity index (χ1v) is 12.8. The molecule has 0 radical (unpaired) electrons. The first kappa shape index (κ1) is 33.8. The van der Waals surface area contributed by atoms with Crippen LogP contribution in [0, 0.1) is 0 Å². The van der Waals surface area contributed by atoms with Gasteiger partial charge in [0.05, 0.1) is 12.4 Å². The normalized spacial score (nSPS) is 13.8. The summed E-state index contributed by atoms with van der Waals surface area (Å²) in [4.78, 5) is 72.2. The Balaban J connectivity index is 3.04. The Morgan fingerprint density at radius 1 is 0.900 bits per heavy atom. The highest BCUT2D eigenvalue weighted by atomic mass is 16.4. The van der Waals surface area contributed by atoms with E-state index in [0.717, 1.165) is 0 Å². The topological polar surface area (TPSA) is 307 Å². The number of unbranched alkanes of at least 4 members (excludes halogenated alkanes) is 1. The number of guanidine groups is 1. The molecule has 0 saturated carbocycles. The van der Waals surface area contributed by atoms with E-state index in [4.69, 9.17) is 28.0 Å². The van der Waals surface area contributed by atoms with E-state index in [-0.39, 0.29) is 38.2 Å². The van der Waals surface area contributed by atoms with Crippen LogP contribution in [-0.4, -0.2) is 93.1 Å². The van der Waals surface area contributed by atoms with Gasteiger partial charge < -0.3 is 54.1 Å². The van der Waals surface area contributed by atoms with Crippen molar-refractivity contribution in [2.24, 2.45) is 27.9 Å². The molecule has 0 aliphatic carbocycles. The predicted molar refractivity (Wildman–Crippen MR) is 143 cm³/mol. The summed E-state index contributed by atoms with van der Waals surface area (Å²) in [5.74, 6) is -5.01. The van der Waals surface area contributed by atoms with Crippen molar-refractivity contribution in [3.63, 3.8) is 0 Å². The monoisotopic (exact) mass is 568 g/mol. The van der Waals surface area contributed by atoms with E-state index >= 15 is 0 Å². The van der Waals surface area contributed by atoms with Crippen molar-refractivity contribution in [3.05, 3.63) is 18.2 Å². The molecule has 0 fully saturated rings. The molecule has 0 aliphatic heterocycles. The third kappa shape index (κ3) is 13.5. The van der Waals surface area contributed by atoms with Crippen molar-refractivity contribution in [3.8, 4) is 0 Å². The fourth-order valence-electron chi connectivity index (χ4n) is 3.59. The molecule has 0 spiro atoms. The van der Waals surface area contributed by atoms with Crippen LogP contribution in [0.4, 0.5) is 0 Å². The summed E-state index contributed by atoms with van der Waals surface area (Å²) in [5.41, 5.74) is 22.4. The summed E-state index contributed by atoms with van der Waals surface area (Å²) < 4.78 is 0. The number of nitrogens with one attached hydrogen (secondary N) is 4. The number of aromatic nitrogens is 2. The minimum Gasteiger partial charge on any atom is -0.481 e. The summed E-state index contributed by atoms with van der Waals surface area (Å²) in [7, 11) is 0. The number of nitrogens with zero attached hydrogens (tertiary/aromatic N) is 2. The van der Waals surface area contributed by atoms with Crippen LogP contribution in [0.25, 0.3) is 0 Å². The van der Waals surface area contributed by atoms with Crippen LogP contribution in [0.1, 0.15) is 50.6 Å². The third-order valence-electron chi connectivity index (χ3n) is 5.76. The maximum absolute atomic E-state index is 13.2. The second-order valence-electron chi connectivity index (χ2n) is 9.07. The Morgan fingerprint density at radius 2 is 1.52 bits per heavy atom. The molecule has 1 aromatic rings. The van der Waals surface area contributed by atoms with E-state index in [9.17, 15) is 29.1 Å². The number of carboxylic acids is 2. The molecular weight excluding hydrogens is 528 g/mol. The van der Waals surface area contributed by atoms with Gasteiger partial charge in [-0.3, -0.25) is 24.2 Å². The molecule has 1 rings (SSSR count). The van der Waals surface area contributed by atoms with Gasteiger partial charge in [0.1, 0.15) is 18.1 Å². The van der Waals surface area contributed by atoms with Crippen molar-refractivity contribution in [2.75, 3.05) is 13.1 Å². The molecule has 0 aliphatic rings. The molecule has 3 amide bonds. The number of imidazole rings is 1. The molecule has 1 heterocycles. The second kappa shape index (κ2) is 18.1. The number of nitrogens with two attached hydrogens (primary N) is 4. The molecular formula is C23H40N10O7. The van der Waals surface area contributed by atoms with Crippen LogP contribution in [0.5, 0.6) is 0 Å².